The molecule has 3 rings (SSSR count). The zero-order valence-corrected chi connectivity index (χ0v) is 20.8. The smallest absolute Gasteiger partial charge is 0.269 e. The van der Waals surface area contributed by atoms with Crippen LogP contribution in [0.25, 0.3) is 0 Å². The molecule has 3 amide bonds. The van der Waals surface area contributed by atoms with Gasteiger partial charge < -0.3 is 10.2 Å². The van der Waals surface area contributed by atoms with Crippen LogP contribution in [0.4, 0.5) is 4.39 Å². The largest absolute Gasteiger partial charge is 0.352 e. The number of nitrogens with one attached hydrogen (secondary N) is 1. The topological polar surface area (TPSA) is 104 Å². The molecule has 0 radical (unpaired) electrons. The summed E-state index contributed by atoms with van der Waals surface area (Å²) in [6.45, 7) is 5.38. The van der Waals surface area contributed by atoms with Crippen LogP contribution in [-0.2, 0) is 26.2 Å². The van der Waals surface area contributed by atoms with Gasteiger partial charge in [-0.3, -0.25) is 14.4 Å². The first kappa shape index (κ1) is 26.3. The maximum atomic E-state index is 13.4. The van der Waals surface area contributed by atoms with E-state index >= 15 is 0 Å². The summed E-state index contributed by atoms with van der Waals surface area (Å²) in [6.07, 6.45) is 0.391. The number of benzene rings is 2. The van der Waals surface area contributed by atoms with Crippen LogP contribution >= 0.6 is 0 Å². The van der Waals surface area contributed by atoms with E-state index in [9.17, 15) is 27.2 Å². The molecule has 0 fully saturated rings. The molecule has 0 saturated heterocycles. The molecule has 2 aromatic rings. The number of amides is 3. The van der Waals surface area contributed by atoms with Crippen LogP contribution in [0.5, 0.6) is 0 Å². The van der Waals surface area contributed by atoms with Gasteiger partial charge in [0.05, 0.1) is 5.56 Å². The molecule has 8 nitrogen and oxygen atoms in total. The lowest BCUT2D eigenvalue weighted by molar-refractivity contribution is -0.141. The summed E-state index contributed by atoms with van der Waals surface area (Å²) >= 11 is 0. The van der Waals surface area contributed by atoms with E-state index in [1.165, 1.54) is 29.2 Å². The number of carbonyl (C=O) groups excluding carboxylic acids is 3. The van der Waals surface area contributed by atoms with E-state index in [4.69, 9.17) is 0 Å². The number of halogens is 1. The van der Waals surface area contributed by atoms with Crippen LogP contribution < -0.4 is 5.32 Å². The minimum Gasteiger partial charge on any atom is -0.352 e. The first-order valence-electron chi connectivity index (χ1n) is 11.6. The van der Waals surface area contributed by atoms with Crippen molar-refractivity contribution in [3.8, 4) is 0 Å². The fourth-order valence-electron chi connectivity index (χ4n) is 4.06. The summed E-state index contributed by atoms with van der Waals surface area (Å²) in [6, 6.07) is 10.8. The Hall–Kier alpha value is -3.27. The Morgan fingerprint density at radius 1 is 1.09 bits per heavy atom. The summed E-state index contributed by atoms with van der Waals surface area (Å²) in [5.74, 6) is -1.68. The molecule has 1 aliphatic heterocycles. The SMILES string of the molecule is CC[C@H](C(=O)NC(C)C)N(Cc1ccc(F)cc1)C(=O)CCCN1C(=O)c2ccccc2S1(=O)=O. The van der Waals surface area contributed by atoms with Crippen molar-refractivity contribution in [1.29, 1.82) is 0 Å². The van der Waals surface area contributed by atoms with Gasteiger partial charge in [-0.2, -0.15) is 0 Å². The van der Waals surface area contributed by atoms with Crippen LogP contribution in [0.3, 0.4) is 0 Å². The second-order valence-corrected chi connectivity index (χ2v) is 10.5. The minimum absolute atomic E-state index is 0.0364. The predicted molar refractivity (Wildman–Crippen MR) is 128 cm³/mol. The third-order valence-corrected chi connectivity index (χ3v) is 7.59. The van der Waals surface area contributed by atoms with Gasteiger partial charge in [-0.25, -0.2) is 17.1 Å². The van der Waals surface area contributed by atoms with Gasteiger partial charge in [-0.05, 0) is 56.5 Å². The first-order valence-corrected chi connectivity index (χ1v) is 13.0. The van der Waals surface area contributed by atoms with Crippen molar-refractivity contribution in [1.82, 2.24) is 14.5 Å². The van der Waals surface area contributed by atoms with Crippen molar-refractivity contribution in [2.45, 2.75) is 63.6 Å². The fraction of sp³-hybridized carbons (Fsp3) is 0.400. The quantitative estimate of drug-likeness (QED) is 0.537. The van der Waals surface area contributed by atoms with Gasteiger partial charge in [0.1, 0.15) is 16.8 Å². The number of hydrogen-bond donors (Lipinski definition) is 1. The molecule has 0 spiro atoms. The van der Waals surface area contributed by atoms with Crippen LogP contribution in [-0.4, -0.2) is 54.0 Å². The van der Waals surface area contributed by atoms with E-state index < -0.39 is 27.8 Å². The highest BCUT2D eigenvalue weighted by atomic mass is 32.2. The molecule has 1 heterocycles. The van der Waals surface area contributed by atoms with E-state index in [1.807, 2.05) is 13.8 Å². The number of sulfonamides is 1. The van der Waals surface area contributed by atoms with Crippen molar-refractivity contribution in [3.63, 3.8) is 0 Å². The highest BCUT2D eigenvalue weighted by Gasteiger charge is 2.40. The number of hydrogen-bond acceptors (Lipinski definition) is 5. The summed E-state index contributed by atoms with van der Waals surface area (Å²) in [4.78, 5) is 40.1. The Labute approximate surface area is 205 Å². The summed E-state index contributed by atoms with van der Waals surface area (Å²) in [7, 11) is -3.96. The maximum absolute atomic E-state index is 13.4. The van der Waals surface area contributed by atoms with Crippen molar-refractivity contribution in [3.05, 3.63) is 65.5 Å². The Morgan fingerprint density at radius 3 is 2.34 bits per heavy atom. The van der Waals surface area contributed by atoms with Crippen molar-refractivity contribution in [2.75, 3.05) is 6.54 Å². The molecular formula is C25H30FN3O5S. The molecule has 10 heteroatoms. The van der Waals surface area contributed by atoms with Crippen LogP contribution in [0.15, 0.2) is 53.4 Å². The fourth-order valence-corrected chi connectivity index (χ4v) is 5.66. The number of nitrogens with zero attached hydrogens (tertiary/aromatic N) is 2. The minimum atomic E-state index is -3.96. The lowest BCUT2D eigenvalue weighted by Gasteiger charge is -2.31. The number of rotatable bonds is 10. The monoisotopic (exact) mass is 503 g/mol. The second kappa shape index (κ2) is 11.0. The Balaban J connectivity index is 1.74. The van der Waals surface area contributed by atoms with Crippen molar-refractivity contribution >= 4 is 27.7 Å². The van der Waals surface area contributed by atoms with E-state index in [0.29, 0.717) is 12.0 Å². The average Bonchev–Trinajstić information content (AvgIpc) is 3.00. The molecule has 1 N–H and O–H groups in total. The Morgan fingerprint density at radius 2 is 1.74 bits per heavy atom. The highest BCUT2D eigenvalue weighted by Crippen LogP contribution is 2.30. The molecule has 0 aliphatic carbocycles. The number of fused-ring (bicyclic) bond motifs is 1. The molecule has 1 atom stereocenters. The molecule has 0 saturated carbocycles. The van der Waals surface area contributed by atoms with E-state index in [2.05, 4.69) is 5.32 Å². The van der Waals surface area contributed by atoms with Gasteiger partial charge in [0.15, 0.2) is 0 Å². The van der Waals surface area contributed by atoms with Gasteiger partial charge in [0.2, 0.25) is 11.8 Å². The zero-order valence-electron chi connectivity index (χ0n) is 20.0. The highest BCUT2D eigenvalue weighted by molar-refractivity contribution is 7.90. The molecule has 35 heavy (non-hydrogen) atoms. The van der Waals surface area contributed by atoms with Gasteiger partial charge in [-0.15, -0.1) is 0 Å². The van der Waals surface area contributed by atoms with Crippen molar-refractivity contribution < 1.29 is 27.2 Å². The van der Waals surface area contributed by atoms with E-state index in [1.54, 1.807) is 31.2 Å². The van der Waals surface area contributed by atoms with Crippen LogP contribution in [0.2, 0.25) is 0 Å². The summed E-state index contributed by atoms with van der Waals surface area (Å²) in [5, 5.41) is 2.83. The normalized spacial score (nSPS) is 15.1. The maximum Gasteiger partial charge on any atom is 0.269 e. The van der Waals surface area contributed by atoms with Crippen LogP contribution in [0.1, 0.15) is 56.0 Å². The molecular weight excluding hydrogens is 473 g/mol. The second-order valence-electron chi connectivity index (χ2n) is 8.72. The van der Waals surface area contributed by atoms with Gasteiger partial charge >= 0.3 is 0 Å². The zero-order chi connectivity index (χ0) is 25.8. The van der Waals surface area contributed by atoms with Crippen molar-refractivity contribution in [2.24, 2.45) is 0 Å². The predicted octanol–water partition coefficient (Wildman–Crippen LogP) is 3.08. The summed E-state index contributed by atoms with van der Waals surface area (Å²) < 4.78 is 39.6. The third kappa shape index (κ3) is 5.87. The molecule has 2 aromatic carbocycles. The number of carbonyl (C=O) groups is 3. The molecule has 0 unspecified atom stereocenters. The van der Waals surface area contributed by atoms with Gasteiger partial charge in [0.25, 0.3) is 15.9 Å². The summed E-state index contributed by atoms with van der Waals surface area (Å²) in [5.41, 5.74) is 0.775. The molecule has 188 valence electrons. The Bertz CT molecular complexity index is 1200. The molecule has 0 aromatic heterocycles. The lowest BCUT2D eigenvalue weighted by atomic mass is 10.1. The molecule has 1 aliphatic rings. The lowest BCUT2D eigenvalue weighted by Crippen LogP contribution is -2.50. The van der Waals surface area contributed by atoms with Crippen LogP contribution in [0, 0.1) is 5.82 Å². The van der Waals surface area contributed by atoms with Gasteiger partial charge in [-0.1, -0.05) is 31.2 Å². The van der Waals surface area contributed by atoms with Gasteiger partial charge in [0, 0.05) is 25.6 Å². The Kier molecular flexibility index (Phi) is 8.26. The average molecular weight is 504 g/mol. The first-order chi connectivity index (χ1) is 16.6. The molecule has 0 bridgehead atoms. The van der Waals surface area contributed by atoms with E-state index in [0.717, 1.165) is 4.31 Å². The standard InChI is InChI=1S/C25H30FN3O5S/c1-4-21(24(31)27-17(2)3)28(16-18-11-13-19(26)14-12-18)23(30)10-7-15-29-25(32)20-8-5-6-9-22(20)35(29,33)34/h5-6,8-9,11-14,17,21H,4,7,10,15-16H2,1-3H3,(H,27,31)/t21-/m1/s1. The van der Waals surface area contributed by atoms with E-state index in [-0.39, 0.29) is 54.2 Å². The third-order valence-electron chi connectivity index (χ3n) is 5.75.